The van der Waals surface area contributed by atoms with Crippen LogP contribution in [0, 0.1) is 5.41 Å². The molecule has 2 heteroatoms. The molecule has 104 valence electrons. The maximum atomic E-state index is 5.46. The van der Waals surface area contributed by atoms with E-state index in [9.17, 15) is 0 Å². The third-order valence-electron chi connectivity index (χ3n) is 3.63. The zero-order valence-corrected chi connectivity index (χ0v) is 12.5. The number of nitrogens with two attached hydrogens (primary N) is 1. The van der Waals surface area contributed by atoms with Crippen LogP contribution in [0.4, 0.5) is 0 Å². The van der Waals surface area contributed by atoms with Gasteiger partial charge >= 0.3 is 0 Å². The molecule has 0 spiro atoms. The van der Waals surface area contributed by atoms with Gasteiger partial charge in [-0.3, -0.25) is 0 Å². The first-order chi connectivity index (χ1) is 7.98. The predicted octanol–water partition coefficient (Wildman–Crippen LogP) is 3.70. The molecule has 0 saturated carbocycles. The minimum Gasteiger partial charge on any atom is -0.330 e. The molecular formula is C15H34N2. The highest BCUT2D eigenvalue weighted by Gasteiger charge is 2.18. The summed E-state index contributed by atoms with van der Waals surface area (Å²) < 4.78 is 0. The van der Waals surface area contributed by atoms with Gasteiger partial charge in [0.05, 0.1) is 0 Å². The molecule has 0 aromatic heterocycles. The van der Waals surface area contributed by atoms with Crippen LogP contribution in [0.3, 0.4) is 0 Å². The Bertz CT molecular complexity index is 161. The molecule has 1 unspecified atom stereocenters. The Hall–Kier alpha value is -0.0800. The van der Waals surface area contributed by atoms with Crippen LogP contribution in [-0.4, -0.2) is 19.1 Å². The van der Waals surface area contributed by atoms with Gasteiger partial charge in [0, 0.05) is 6.04 Å². The summed E-state index contributed by atoms with van der Waals surface area (Å²) in [6.07, 6.45) is 9.33. The monoisotopic (exact) mass is 242 g/mol. The fraction of sp³-hybridized carbons (Fsp3) is 1.00. The standard InChI is InChI=1S/C15H34N2/c1-14(15(2,3)4)17-13-11-9-7-5-6-8-10-12-16/h14,17H,5-13,16H2,1-4H3. The van der Waals surface area contributed by atoms with E-state index in [0.717, 1.165) is 6.54 Å². The lowest BCUT2D eigenvalue weighted by Gasteiger charge is -2.28. The fourth-order valence-electron chi connectivity index (χ4n) is 1.78. The summed E-state index contributed by atoms with van der Waals surface area (Å²) in [6.45, 7) is 11.2. The first kappa shape index (κ1) is 16.9. The fourth-order valence-corrected chi connectivity index (χ4v) is 1.78. The summed E-state index contributed by atoms with van der Waals surface area (Å²) in [7, 11) is 0. The first-order valence-corrected chi connectivity index (χ1v) is 7.42. The number of unbranched alkanes of at least 4 members (excludes halogenated alkanes) is 6. The molecule has 3 N–H and O–H groups in total. The summed E-state index contributed by atoms with van der Waals surface area (Å²) >= 11 is 0. The van der Waals surface area contributed by atoms with Gasteiger partial charge in [0.1, 0.15) is 0 Å². The van der Waals surface area contributed by atoms with Crippen LogP contribution in [0.2, 0.25) is 0 Å². The van der Waals surface area contributed by atoms with E-state index in [-0.39, 0.29) is 0 Å². The average Bonchev–Trinajstić information content (AvgIpc) is 2.25. The first-order valence-electron chi connectivity index (χ1n) is 7.42. The van der Waals surface area contributed by atoms with Crippen LogP contribution in [-0.2, 0) is 0 Å². The van der Waals surface area contributed by atoms with Crippen LogP contribution < -0.4 is 11.1 Å². The summed E-state index contributed by atoms with van der Waals surface area (Å²) in [5.74, 6) is 0. The zero-order valence-electron chi connectivity index (χ0n) is 12.5. The Kier molecular flexibility index (Phi) is 9.85. The lowest BCUT2D eigenvalue weighted by Crippen LogP contribution is -2.38. The molecule has 1 atom stereocenters. The average molecular weight is 242 g/mol. The Morgan fingerprint density at radius 1 is 0.882 bits per heavy atom. The highest BCUT2D eigenvalue weighted by atomic mass is 14.9. The minimum absolute atomic E-state index is 0.377. The minimum atomic E-state index is 0.377. The largest absolute Gasteiger partial charge is 0.330 e. The predicted molar refractivity (Wildman–Crippen MR) is 78.3 cm³/mol. The number of hydrogen-bond donors (Lipinski definition) is 2. The number of nitrogens with one attached hydrogen (secondary N) is 1. The Morgan fingerprint density at radius 2 is 1.35 bits per heavy atom. The normalized spacial score (nSPS) is 13.9. The van der Waals surface area contributed by atoms with Crippen LogP contribution in [0.15, 0.2) is 0 Å². The lowest BCUT2D eigenvalue weighted by molar-refractivity contribution is 0.285. The second kappa shape index (κ2) is 9.90. The highest BCUT2D eigenvalue weighted by Crippen LogP contribution is 2.18. The second-order valence-corrected chi connectivity index (χ2v) is 6.31. The van der Waals surface area contributed by atoms with E-state index in [1.165, 1.54) is 51.5 Å². The molecule has 0 aromatic rings. The van der Waals surface area contributed by atoms with Gasteiger partial charge in [0.15, 0.2) is 0 Å². The highest BCUT2D eigenvalue weighted by molar-refractivity contribution is 4.75. The van der Waals surface area contributed by atoms with E-state index in [0.29, 0.717) is 11.5 Å². The van der Waals surface area contributed by atoms with Crippen molar-refractivity contribution in [3.8, 4) is 0 Å². The van der Waals surface area contributed by atoms with Crippen molar-refractivity contribution in [2.45, 2.75) is 78.7 Å². The molecule has 0 aliphatic heterocycles. The molecule has 0 saturated heterocycles. The third kappa shape index (κ3) is 10.8. The van der Waals surface area contributed by atoms with Crippen LogP contribution in [0.5, 0.6) is 0 Å². The molecule has 0 fully saturated rings. The summed E-state index contributed by atoms with van der Waals surface area (Å²) in [4.78, 5) is 0. The maximum absolute atomic E-state index is 5.46. The van der Waals surface area contributed by atoms with Crippen molar-refractivity contribution < 1.29 is 0 Å². The molecular weight excluding hydrogens is 208 g/mol. The Morgan fingerprint density at radius 3 is 1.82 bits per heavy atom. The SMILES string of the molecule is CC(NCCCCCCCCCN)C(C)(C)C. The van der Waals surface area contributed by atoms with Crippen molar-refractivity contribution in [3.63, 3.8) is 0 Å². The zero-order chi connectivity index (χ0) is 13.1. The van der Waals surface area contributed by atoms with E-state index in [4.69, 9.17) is 5.73 Å². The molecule has 0 bridgehead atoms. The van der Waals surface area contributed by atoms with E-state index in [1.54, 1.807) is 0 Å². The summed E-state index contributed by atoms with van der Waals surface area (Å²) in [5.41, 5.74) is 5.84. The van der Waals surface area contributed by atoms with Gasteiger partial charge in [0.25, 0.3) is 0 Å². The van der Waals surface area contributed by atoms with Crippen molar-refractivity contribution in [2.75, 3.05) is 13.1 Å². The quantitative estimate of drug-likeness (QED) is 0.573. The number of rotatable bonds is 10. The van der Waals surface area contributed by atoms with E-state index in [2.05, 4.69) is 33.0 Å². The van der Waals surface area contributed by atoms with E-state index in [1.807, 2.05) is 0 Å². The van der Waals surface area contributed by atoms with Gasteiger partial charge in [-0.2, -0.15) is 0 Å². The van der Waals surface area contributed by atoms with Crippen molar-refractivity contribution in [2.24, 2.45) is 11.1 Å². The molecule has 0 aliphatic rings. The van der Waals surface area contributed by atoms with Crippen LogP contribution in [0.1, 0.15) is 72.6 Å². The van der Waals surface area contributed by atoms with Crippen molar-refractivity contribution in [3.05, 3.63) is 0 Å². The van der Waals surface area contributed by atoms with Crippen LogP contribution in [0.25, 0.3) is 0 Å². The maximum Gasteiger partial charge on any atom is 0.00872 e. The smallest absolute Gasteiger partial charge is 0.00872 e. The van der Waals surface area contributed by atoms with Gasteiger partial charge in [-0.25, -0.2) is 0 Å². The molecule has 0 heterocycles. The Labute approximate surface area is 109 Å². The molecule has 0 rings (SSSR count). The molecule has 0 aromatic carbocycles. The van der Waals surface area contributed by atoms with Gasteiger partial charge in [0.2, 0.25) is 0 Å². The molecule has 0 amide bonds. The molecule has 0 radical (unpaired) electrons. The van der Waals surface area contributed by atoms with E-state index < -0.39 is 0 Å². The molecule has 17 heavy (non-hydrogen) atoms. The van der Waals surface area contributed by atoms with Crippen LogP contribution >= 0.6 is 0 Å². The van der Waals surface area contributed by atoms with Gasteiger partial charge < -0.3 is 11.1 Å². The second-order valence-electron chi connectivity index (χ2n) is 6.31. The van der Waals surface area contributed by atoms with Gasteiger partial charge in [-0.1, -0.05) is 52.9 Å². The number of hydrogen-bond acceptors (Lipinski definition) is 2. The van der Waals surface area contributed by atoms with Gasteiger partial charge in [-0.15, -0.1) is 0 Å². The summed E-state index contributed by atoms with van der Waals surface area (Å²) in [6, 6.07) is 0.604. The molecule has 2 nitrogen and oxygen atoms in total. The Balaban J connectivity index is 3.19. The van der Waals surface area contributed by atoms with E-state index >= 15 is 0 Å². The third-order valence-corrected chi connectivity index (χ3v) is 3.63. The summed E-state index contributed by atoms with van der Waals surface area (Å²) in [5, 5.41) is 3.62. The molecule has 0 aliphatic carbocycles. The van der Waals surface area contributed by atoms with Crippen molar-refractivity contribution in [1.82, 2.24) is 5.32 Å². The van der Waals surface area contributed by atoms with Gasteiger partial charge in [-0.05, 0) is 38.3 Å². The van der Waals surface area contributed by atoms with Crippen molar-refractivity contribution in [1.29, 1.82) is 0 Å². The van der Waals surface area contributed by atoms with Crippen molar-refractivity contribution >= 4 is 0 Å². The topological polar surface area (TPSA) is 38.0 Å². The lowest BCUT2D eigenvalue weighted by atomic mass is 9.88.